The molecule has 1 heterocycles. The number of hydrogen-bond donors (Lipinski definition) is 1. The van der Waals surface area contributed by atoms with E-state index in [-0.39, 0.29) is 11.8 Å². The molecule has 0 bridgehead atoms. The molecule has 0 unspecified atom stereocenters. The van der Waals surface area contributed by atoms with Crippen LogP contribution in [0.25, 0.3) is 0 Å². The number of ether oxygens (including phenoxy) is 3. The van der Waals surface area contributed by atoms with Crippen molar-refractivity contribution in [1.29, 1.82) is 0 Å². The van der Waals surface area contributed by atoms with Crippen LogP contribution in [0.2, 0.25) is 0 Å². The summed E-state index contributed by atoms with van der Waals surface area (Å²) in [6.07, 6.45) is 1.78. The first-order valence-corrected chi connectivity index (χ1v) is 8.38. The number of phenolic OH excluding ortho intramolecular Hbond substituents is 1. The molecule has 0 spiro atoms. The summed E-state index contributed by atoms with van der Waals surface area (Å²) in [7, 11) is 7.01. The summed E-state index contributed by atoms with van der Waals surface area (Å²) in [5, 5.41) is 10.1. The molecule has 5 nitrogen and oxygen atoms in total. The van der Waals surface area contributed by atoms with Gasteiger partial charge in [0.1, 0.15) is 0 Å². The maximum Gasteiger partial charge on any atom is 0.161 e. The Labute approximate surface area is 148 Å². The van der Waals surface area contributed by atoms with E-state index in [1.54, 1.807) is 27.4 Å². The first kappa shape index (κ1) is 17.4. The lowest BCUT2D eigenvalue weighted by Crippen LogP contribution is -2.33. The molecule has 0 saturated heterocycles. The Morgan fingerprint density at radius 1 is 1.00 bits per heavy atom. The molecule has 5 heteroatoms. The topological polar surface area (TPSA) is 51.2 Å². The van der Waals surface area contributed by atoms with Crippen molar-refractivity contribution in [2.45, 2.75) is 18.9 Å². The summed E-state index contributed by atoms with van der Waals surface area (Å²) in [4.78, 5) is 2.34. The minimum absolute atomic E-state index is 0.172. The van der Waals surface area contributed by atoms with Gasteiger partial charge in [-0.2, -0.15) is 0 Å². The molecule has 0 amide bonds. The normalized spacial score (nSPS) is 17.0. The number of aromatic hydroxyl groups is 1. The number of nitrogens with zero attached hydrogens (tertiary/aromatic N) is 1. The lowest BCUT2D eigenvalue weighted by molar-refractivity contribution is 0.227. The van der Waals surface area contributed by atoms with Gasteiger partial charge in [0, 0.05) is 12.6 Å². The Morgan fingerprint density at radius 3 is 2.32 bits per heavy atom. The van der Waals surface area contributed by atoms with E-state index in [9.17, 15) is 5.11 Å². The molecule has 0 radical (unpaired) electrons. The zero-order chi connectivity index (χ0) is 18.0. The molecular weight excluding hydrogens is 318 g/mol. The van der Waals surface area contributed by atoms with Crippen LogP contribution in [0.4, 0.5) is 0 Å². The molecule has 1 aliphatic rings. The second-order valence-corrected chi connectivity index (χ2v) is 6.36. The van der Waals surface area contributed by atoms with Gasteiger partial charge in [-0.3, -0.25) is 4.90 Å². The Morgan fingerprint density at radius 2 is 1.68 bits per heavy atom. The van der Waals surface area contributed by atoms with E-state index in [0.29, 0.717) is 5.75 Å². The quantitative estimate of drug-likeness (QED) is 0.904. The standard InChI is InChI=1S/C20H25NO4/c1-21-8-7-14-11-19(24-3)20(25-4)12-15(14)16(21)9-13-5-6-18(23-2)17(22)10-13/h5-6,10-12,16,22H,7-9H2,1-4H3/t16-/m1/s1. The van der Waals surface area contributed by atoms with Crippen molar-refractivity contribution in [3.05, 3.63) is 47.0 Å². The van der Waals surface area contributed by atoms with Crippen molar-refractivity contribution in [2.75, 3.05) is 34.9 Å². The summed E-state index contributed by atoms with van der Waals surface area (Å²) in [5.41, 5.74) is 3.61. The molecule has 0 aromatic heterocycles. The van der Waals surface area contributed by atoms with Crippen molar-refractivity contribution in [3.8, 4) is 23.0 Å². The predicted octanol–water partition coefficient (Wildman–Crippen LogP) is 3.19. The summed E-state index contributed by atoms with van der Waals surface area (Å²) < 4.78 is 16.1. The number of likely N-dealkylation sites (N-methyl/N-ethyl adjacent to an activating group) is 1. The van der Waals surface area contributed by atoms with Crippen LogP contribution in [-0.2, 0) is 12.8 Å². The molecule has 1 aliphatic heterocycles. The van der Waals surface area contributed by atoms with Crippen molar-refractivity contribution in [3.63, 3.8) is 0 Å². The van der Waals surface area contributed by atoms with Crippen molar-refractivity contribution in [2.24, 2.45) is 0 Å². The van der Waals surface area contributed by atoms with Gasteiger partial charge in [-0.1, -0.05) is 6.07 Å². The minimum Gasteiger partial charge on any atom is -0.504 e. The molecule has 25 heavy (non-hydrogen) atoms. The van der Waals surface area contributed by atoms with Gasteiger partial charge in [0.25, 0.3) is 0 Å². The maximum atomic E-state index is 10.1. The molecular formula is C20H25NO4. The molecule has 2 aromatic rings. The molecule has 2 aromatic carbocycles. The number of rotatable bonds is 5. The Kier molecular flexibility index (Phi) is 5.04. The van der Waals surface area contributed by atoms with Crippen LogP contribution in [-0.4, -0.2) is 44.9 Å². The van der Waals surface area contributed by atoms with E-state index in [4.69, 9.17) is 14.2 Å². The fourth-order valence-corrected chi connectivity index (χ4v) is 3.51. The third-order valence-corrected chi connectivity index (χ3v) is 4.94. The van der Waals surface area contributed by atoms with Gasteiger partial charge in [0.05, 0.1) is 21.3 Å². The molecule has 3 rings (SSSR count). The third kappa shape index (κ3) is 3.37. The highest BCUT2D eigenvalue weighted by Crippen LogP contribution is 2.39. The maximum absolute atomic E-state index is 10.1. The van der Waals surface area contributed by atoms with Gasteiger partial charge in [0.2, 0.25) is 0 Å². The second-order valence-electron chi connectivity index (χ2n) is 6.36. The summed E-state index contributed by atoms with van der Waals surface area (Å²) in [5.74, 6) is 2.18. The molecule has 0 saturated carbocycles. The van der Waals surface area contributed by atoms with Crippen LogP contribution in [0, 0.1) is 0 Å². The number of fused-ring (bicyclic) bond motifs is 1. The van der Waals surface area contributed by atoms with E-state index < -0.39 is 0 Å². The lowest BCUT2D eigenvalue weighted by Gasteiger charge is -2.35. The third-order valence-electron chi connectivity index (χ3n) is 4.94. The number of benzene rings is 2. The molecule has 1 N–H and O–H groups in total. The van der Waals surface area contributed by atoms with E-state index in [1.807, 2.05) is 12.1 Å². The number of methoxy groups -OCH3 is 3. The van der Waals surface area contributed by atoms with Crippen molar-refractivity contribution < 1.29 is 19.3 Å². The average Bonchev–Trinajstić information content (AvgIpc) is 2.63. The summed E-state index contributed by atoms with van der Waals surface area (Å²) in [6.45, 7) is 0.981. The van der Waals surface area contributed by atoms with Crippen molar-refractivity contribution >= 4 is 0 Å². The van der Waals surface area contributed by atoms with E-state index in [0.717, 1.165) is 36.4 Å². The monoisotopic (exact) mass is 343 g/mol. The first-order chi connectivity index (χ1) is 12.1. The molecule has 0 fully saturated rings. The Hall–Kier alpha value is -2.40. The van der Waals surface area contributed by atoms with Gasteiger partial charge in [-0.15, -0.1) is 0 Å². The number of hydrogen-bond acceptors (Lipinski definition) is 5. The van der Waals surface area contributed by atoms with Crippen molar-refractivity contribution in [1.82, 2.24) is 4.90 Å². The Balaban J connectivity index is 1.96. The fraction of sp³-hybridized carbons (Fsp3) is 0.400. The SMILES string of the molecule is COc1ccc(C[C@@H]2c3cc(OC)c(OC)cc3CCN2C)cc1O. The van der Waals surface area contributed by atoms with Crippen LogP contribution < -0.4 is 14.2 Å². The summed E-state index contributed by atoms with van der Waals surface area (Å²) >= 11 is 0. The molecule has 134 valence electrons. The zero-order valence-electron chi connectivity index (χ0n) is 15.2. The summed E-state index contributed by atoms with van der Waals surface area (Å²) in [6, 6.07) is 9.97. The highest BCUT2D eigenvalue weighted by Gasteiger charge is 2.27. The zero-order valence-corrected chi connectivity index (χ0v) is 15.2. The lowest BCUT2D eigenvalue weighted by atomic mass is 9.88. The molecule has 1 atom stereocenters. The minimum atomic E-state index is 0.172. The van der Waals surface area contributed by atoms with Gasteiger partial charge in [-0.25, -0.2) is 0 Å². The van der Waals surface area contributed by atoms with Gasteiger partial charge < -0.3 is 19.3 Å². The predicted molar refractivity (Wildman–Crippen MR) is 97.0 cm³/mol. The largest absolute Gasteiger partial charge is 0.504 e. The smallest absolute Gasteiger partial charge is 0.161 e. The van der Waals surface area contributed by atoms with Gasteiger partial charge in [0.15, 0.2) is 23.0 Å². The average molecular weight is 343 g/mol. The Bertz CT molecular complexity index is 760. The van der Waals surface area contributed by atoms with E-state index >= 15 is 0 Å². The number of phenols is 1. The molecule has 0 aliphatic carbocycles. The van der Waals surface area contributed by atoms with Gasteiger partial charge in [-0.05, 0) is 60.8 Å². The first-order valence-electron chi connectivity index (χ1n) is 8.38. The highest BCUT2D eigenvalue weighted by molar-refractivity contribution is 5.50. The van der Waals surface area contributed by atoms with Crippen LogP contribution in [0.3, 0.4) is 0 Å². The van der Waals surface area contributed by atoms with Crippen LogP contribution in [0.1, 0.15) is 22.7 Å². The highest BCUT2D eigenvalue weighted by atomic mass is 16.5. The van der Waals surface area contributed by atoms with Crippen LogP contribution in [0.15, 0.2) is 30.3 Å². The fourth-order valence-electron chi connectivity index (χ4n) is 3.51. The van der Waals surface area contributed by atoms with Crippen LogP contribution >= 0.6 is 0 Å². The van der Waals surface area contributed by atoms with Crippen LogP contribution in [0.5, 0.6) is 23.0 Å². The second kappa shape index (κ2) is 7.23. The van der Waals surface area contributed by atoms with E-state index in [2.05, 4.69) is 24.1 Å². The van der Waals surface area contributed by atoms with Gasteiger partial charge >= 0.3 is 0 Å². The van der Waals surface area contributed by atoms with E-state index in [1.165, 1.54) is 11.1 Å².